The predicted octanol–water partition coefficient (Wildman–Crippen LogP) is 6.27. The number of ether oxygens (including phenoxy) is 1. The van der Waals surface area contributed by atoms with Gasteiger partial charge in [-0.1, -0.05) is 53.7 Å². The van der Waals surface area contributed by atoms with Gasteiger partial charge in [-0.3, -0.25) is 14.2 Å². The van der Waals surface area contributed by atoms with E-state index in [-0.39, 0.29) is 17.6 Å². The first-order valence-corrected chi connectivity index (χ1v) is 14.3. The third-order valence-electron chi connectivity index (χ3n) is 5.58. The maximum atomic E-state index is 13.5. The molecule has 0 fully saturated rings. The smallest absolute Gasteiger partial charge is 0.272 e. The fourth-order valence-corrected chi connectivity index (χ4v) is 6.11. The van der Waals surface area contributed by atoms with Crippen LogP contribution in [-0.2, 0) is 21.8 Å². The summed E-state index contributed by atoms with van der Waals surface area (Å²) < 4.78 is 8.92. The van der Waals surface area contributed by atoms with Gasteiger partial charge in [0.15, 0.2) is 5.16 Å². The van der Waals surface area contributed by atoms with E-state index in [0.717, 1.165) is 27.6 Å². The minimum absolute atomic E-state index is 0.0170. The highest BCUT2D eigenvalue weighted by Crippen LogP contribution is 2.32. The second-order valence-electron chi connectivity index (χ2n) is 8.77. The van der Waals surface area contributed by atoms with Crippen LogP contribution in [0.25, 0.3) is 20.3 Å². The molecule has 0 spiro atoms. The molecule has 0 aliphatic heterocycles. The Labute approximate surface area is 224 Å². The molecule has 9 heteroatoms. The number of rotatable bonds is 12. The number of carbonyl (C=O) groups is 1. The van der Waals surface area contributed by atoms with Gasteiger partial charge in [-0.05, 0) is 50.5 Å². The number of carbonyl (C=O) groups excluding carboxylic acids is 1. The van der Waals surface area contributed by atoms with E-state index in [1.54, 1.807) is 4.57 Å². The molecule has 0 unspecified atom stereocenters. The summed E-state index contributed by atoms with van der Waals surface area (Å²) in [6.07, 6.45) is 1.87. The SMILES string of the molecule is CC(C)OCCCNC(=O)CCCn1c(SCc2cccc(Cl)c2)nc2c(sc3ccccc32)c1=O. The van der Waals surface area contributed by atoms with Crippen molar-refractivity contribution in [1.82, 2.24) is 14.9 Å². The van der Waals surface area contributed by atoms with Gasteiger partial charge >= 0.3 is 0 Å². The lowest BCUT2D eigenvalue weighted by Gasteiger charge is -2.12. The normalized spacial score (nSPS) is 11.6. The summed E-state index contributed by atoms with van der Waals surface area (Å²) in [5, 5.41) is 5.26. The molecule has 36 heavy (non-hydrogen) atoms. The second kappa shape index (κ2) is 12.7. The Morgan fingerprint density at radius 2 is 2.03 bits per heavy atom. The Balaban J connectivity index is 1.49. The molecule has 0 aliphatic carbocycles. The Hall–Kier alpha value is -2.39. The molecule has 4 rings (SSSR count). The summed E-state index contributed by atoms with van der Waals surface area (Å²) >= 11 is 9.14. The van der Waals surface area contributed by atoms with E-state index < -0.39 is 0 Å². The largest absolute Gasteiger partial charge is 0.379 e. The number of fused-ring (bicyclic) bond motifs is 3. The summed E-state index contributed by atoms with van der Waals surface area (Å²) in [6, 6.07) is 15.7. The van der Waals surface area contributed by atoms with E-state index in [9.17, 15) is 9.59 Å². The molecule has 4 aromatic rings. The van der Waals surface area contributed by atoms with Crippen LogP contribution >= 0.6 is 34.7 Å². The third kappa shape index (κ3) is 6.88. The van der Waals surface area contributed by atoms with Gasteiger partial charge in [0.1, 0.15) is 4.70 Å². The quantitative estimate of drug-likeness (QED) is 0.129. The first kappa shape index (κ1) is 26.7. The lowest BCUT2D eigenvalue weighted by molar-refractivity contribution is -0.121. The Morgan fingerprint density at radius 1 is 1.19 bits per heavy atom. The highest BCUT2D eigenvalue weighted by Gasteiger charge is 2.17. The van der Waals surface area contributed by atoms with Crippen molar-refractivity contribution in [2.45, 2.75) is 56.7 Å². The van der Waals surface area contributed by atoms with E-state index >= 15 is 0 Å². The minimum Gasteiger partial charge on any atom is -0.379 e. The molecular formula is C27H30ClN3O3S2. The first-order valence-electron chi connectivity index (χ1n) is 12.1. The summed E-state index contributed by atoms with van der Waals surface area (Å²) in [5.41, 5.74) is 1.75. The molecular weight excluding hydrogens is 514 g/mol. The van der Waals surface area contributed by atoms with Crippen molar-refractivity contribution in [2.24, 2.45) is 0 Å². The number of benzene rings is 2. The Morgan fingerprint density at radius 3 is 2.83 bits per heavy atom. The standard InChI is InChI=1S/C27H30ClN3O3S2/c1-18(2)34-15-7-13-29-23(32)12-6-14-31-26(33)25-24(21-10-3-4-11-22(21)36-25)30-27(31)35-17-19-8-5-9-20(28)16-19/h3-5,8-11,16,18H,6-7,12-15,17H2,1-2H3,(H,29,32). The number of aromatic nitrogens is 2. The summed E-state index contributed by atoms with van der Waals surface area (Å²) in [7, 11) is 0. The number of halogens is 1. The van der Waals surface area contributed by atoms with Crippen molar-refractivity contribution < 1.29 is 9.53 Å². The van der Waals surface area contributed by atoms with Crippen molar-refractivity contribution >= 4 is 60.9 Å². The van der Waals surface area contributed by atoms with Crippen LogP contribution in [0.2, 0.25) is 5.02 Å². The van der Waals surface area contributed by atoms with Crippen LogP contribution in [0.1, 0.15) is 38.7 Å². The van der Waals surface area contributed by atoms with E-state index in [1.807, 2.05) is 62.4 Å². The Bertz CT molecular complexity index is 1400. The molecule has 2 heterocycles. The lowest BCUT2D eigenvalue weighted by atomic mass is 10.2. The summed E-state index contributed by atoms with van der Waals surface area (Å²) in [5.74, 6) is 0.621. The molecule has 0 saturated carbocycles. The van der Waals surface area contributed by atoms with Crippen LogP contribution in [0.4, 0.5) is 0 Å². The number of hydrogen-bond donors (Lipinski definition) is 1. The van der Waals surface area contributed by atoms with Gasteiger partial charge < -0.3 is 10.1 Å². The van der Waals surface area contributed by atoms with Gasteiger partial charge in [-0.25, -0.2) is 4.98 Å². The predicted molar refractivity (Wildman–Crippen MR) is 150 cm³/mol. The van der Waals surface area contributed by atoms with Crippen LogP contribution < -0.4 is 10.9 Å². The fourth-order valence-electron chi connectivity index (χ4n) is 3.84. The highest BCUT2D eigenvalue weighted by molar-refractivity contribution is 7.98. The average molecular weight is 544 g/mol. The molecule has 2 aromatic carbocycles. The van der Waals surface area contributed by atoms with E-state index in [4.69, 9.17) is 21.3 Å². The van der Waals surface area contributed by atoms with E-state index in [0.29, 0.717) is 53.2 Å². The zero-order valence-electron chi connectivity index (χ0n) is 20.5. The topological polar surface area (TPSA) is 73.2 Å². The van der Waals surface area contributed by atoms with Gasteiger partial charge in [-0.15, -0.1) is 11.3 Å². The maximum Gasteiger partial charge on any atom is 0.272 e. The number of nitrogens with zero attached hydrogens (tertiary/aromatic N) is 2. The third-order valence-corrected chi connectivity index (χ3v) is 8.01. The summed E-state index contributed by atoms with van der Waals surface area (Å²) in [6.45, 7) is 5.63. The van der Waals surface area contributed by atoms with Gasteiger partial charge in [0, 0.05) is 47.0 Å². The molecule has 1 N–H and O–H groups in total. The lowest BCUT2D eigenvalue weighted by Crippen LogP contribution is -2.27. The molecule has 0 saturated heterocycles. The zero-order chi connectivity index (χ0) is 25.5. The second-order valence-corrected chi connectivity index (χ2v) is 11.2. The van der Waals surface area contributed by atoms with E-state index in [2.05, 4.69) is 5.32 Å². The van der Waals surface area contributed by atoms with Crippen molar-refractivity contribution in [3.63, 3.8) is 0 Å². The van der Waals surface area contributed by atoms with Crippen molar-refractivity contribution in [2.75, 3.05) is 13.2 Å². The molecule has 0 aliphatic rings. The monoisotopic (exact) mass is 543 g/mol. The van der Waals surface area contributed by atoms with Crippen molar-refractivity contribution in [3.8, 4) is 0 Å². The van der Waals surface area contributed by atoms with Gasteiger partial charge in [0.2, 0.25) is 5.91 Å². The molecule has 6 nitrogen and oxygen atoms in total. The van der Waals surface area contributed by atoms with Crippen LogP contribution in [0.3, 0.4) is 0 Å². The van der Waals surface area contributed by atoms with Crippen LogP contribution in [0.5, 0.6) is 0 Å². The van der Waals surface area contributed by atoms with Crippen LogP contribution in [0, 0.1) is 0 Å². The van der Waals surface area contributed by atoms with Crippen LogP contribution in [0.15, 0.2) is 58.5 Å². The number of hydrogen-bond acceptors (Lipinski definition) is 6. The van der Waals surface area contributed by atoms with Crippen molar-refractivity contribution in [1.29, 1.82) is 0 Å². The van der Waals surface area contributed by atoms with Crippen LogP contribution in [-0.4, -0.2) is 34.7 Å². The first-order chi connectivity index (χ1) is 17.4. The number of nitrogens with one attached hydrogen (secondary N) is 1. The number of thioether (sulfide) groups is 1. The van der Waals surface area contributed by atoms with E-state index in [1.165, 1.54) is 23.1 Å². The van der Waals surface area contributed by atoms with Gasteiger partial charge in [0.25, 0.3) is 5.56 Å². The molecule has 0 atom stereocenters. The van der Waals surface area contributed by atoms with Gasteiger partial charge in [-0.2, -0.15) is 0 Å². The average Bonchev–Trinajstić information content (AvgIpc) is 3.23. The molecule has 1 amide bonds. The fraction of sp³-hybridized carbons (Fsp3) is 0.370. The van der Waals surface area contributed by atoms with Crippen molar-refractivity contribution in [3.05, 3.63) is 69.5 Å². The molecule has 0 radical (unpaired) electrons. The molecule has 190 valence electrons. The summed E-state index contributed by atoms with van der Waals surface area (Å²) in [4.78, 5) is 30.8. The minimum atomic E-state index is -0.0546. The molecule has 2 aromatic heterocycles. The number of thiophene rings is 1. The van der Waals surface area contributed by atoms with Gasteiger partial charge in [0.05, 0.1) is 11.6 Å². The maximum absolute atomic E-state index is 13.5. The Kier molecular flexibility index (Phi) is 9.42. The number of amides is 1. The highest BCUT2D eigenvalue weighted by atomic mass is 35.5. The molecule has 0 bridgehead atoms. The zero-order valence-corrected chi connectivity index (χ0v) is 22.8.